The summed E-state index contributed by atoms with van der Waals surface area (Å²) in [5.74, 6) is 3.88. The van der Waals surface area contributed by atoms with E-state index in [1.165, 1.54) is 69.8 Å². The van der Waals surface area contributed by atoms with Gasteiger partial charge in [0.1, 0.15) is 0 Å². The molecule has 0 rings (SSSR count). The quantitative estimate of drug-likeness (QED) is 0.244. The summed E-state index contributed by atoms with van der Waals surface area (Å²) in [5.41, 5.74) is 1.52. The van der Waals surface area contributed by atoms with Crippen LogP contribution in [0.4, 0.5) is 0 Å². The SMILES string of the molecule is C=C[C@H](C)CC[C@H](CC[C@@H](C)CCCC(C)C)C(=C)CCCC(C)C. The Bertz CT molecular complexity index is 336. The van der Waals surface area contributed by atoms with Gasteiger partial charge in [-0.15, -0.1) is 6.58 Å². The summed E-state index contributed by atoms with van der Waals surface area (Å²) in [7, 11) is 0. The van der Waals surface area contributed by atoms with Crippen molar-refractivity contribution in [2.24, 2.45) is 29.6 Å². The highest BCUT2D eigenvalue weighted by Gasteiger charge is 2.15. The topological polar surface area (TPSA) is 0 Å². The molecule has 0 nitrogen and oxygen atoms in total. The number of allylic oxidation sites excluding steroid dienone is 2. The maximum absolute atomic E-state index is 4.49. The molecule has 0 aliphatic heterocycles. The molecule has 0 heteroatoms. The van der Waals surface area contributed by atoms with Gasteiger partial charge in [-0.25, -0.2) is 0 Å². The van der Waals surface area contributed by atoms with E-state index in [-0.39, 0.29) is 0 Å². The minimum Gasteiger partial charge on any atom is -0.103 e. The molecule has 0 aliphatic carbocycles. The summed E-state index contributed by atoms with van der Waals surface area (Å²) < 4.78 is 0. The van der Waals surface area contributed by atoms with E-state index in [0.29, 0.717) is 5.92 Å². The van der Waals surface area contributed by atoms with Crippen molar-refractivity contribution in [2.45, 2.75) is 106 Å². The van der Waals surface area contributed by atoms with Gasteiger partial charge in [0.05, 0.1) is 0 Å². The van der Waals surface area contributed by atoms with Crippen LogP contribution in [0.25, 0.3) is 0 Å². The minimum absolute atomic E-state index is 0.634. The van der Waals surface area contributed by atoms with Crippen molar-refractivity contribution < 1.29 is 0 Å². The van der Waals surface area contributed by atoms with Gasteiger partial charge in [-0.3, -0.25) is 0 Å². The van der Waals surface area contributed by atoms with Crippen LogP contribution in [0.2, 0.25) is 0 Å². The molecule has 0 fully saturated rings. The lowest BCUT2D eigenvalue weighted by Gasteiger charge is -2.23. The van der Waals surface area contributed by atoms with Crippen LogP contribution in [0.15, 0.2) is 24.8 Å². The molecule has 148 valence electrons. The highest BCUT2D eigenvalue weighted by molar-refractivity contribution is 5.01. The van der Waals surface area contributed by atoms with Crippen molar-refractivity contribution >= 4 is 0 Å². The Hall–Kier alpha value is -0.520. The number of rotatable bonds is 16. The molecule has 0 unspecified atom stereocenters. The Morgan fingerprint density at radius 3 is 1.84 bits per heavy atom. The van der Waals surface area contributed by atoms with Crippen LogP contribution in [0.3, 0.4) is 0 Å². The molecular formula is C25H48. The van der Waals surface area contributed by atoms with Crippen molar-refractivity contribution in [3.63, 3.8) is 0 Å². The van der Waals surface area contributed by atoms with Crippen molar-refractivity contribution in [2.75, 3.05) is 0 Å². The average Bonchev–Trinajstić information content (AvgIpc) is 2.53. The number of hydrogen-bond donors (Lipinski definition) is 0. The molecule has 0 heterocycles. The Labute approximate surface area is 160 Å². The molecule has 0 radical (unpaired) electrons. The van der Waals surface area contributed by atoms with Crippen LogP contribution >= 0.6 is 0 Å². The largest absolute Gasteiger partial charge is 0.103 e. The molecular weight excluding hydrogens is 300 g/mol. The molecule has 0 bridgehead atoms. The highest BCUT2D eigenvalue weighted by atomic mass is 14.2. The van der Waals surface area contributed by atoms with Crippen molar-refractivity contribution in [3.05, 3.63) is 24.8 Å². The number of hydrogen-bond acceptors (Lipinski definition) is 0. The standard InChI is InChI=1S/C25H48/c1-9-22(6)16-18-25(24(8)15-11-13-21(4)5)19-17-23(7)14-10-12-20(2)3/h9,20-23,25H,1,8,10-19H2,2-7H3/t22-,23-,25+/m0/s1. The van der Waals surface area contributed by atoms with Crippen LogP contribution in [0, 0.1) is 29.6 Å². The van der Waals surface area contributed by atoms with Gasteiger partial charge in [0.2, 0.25) is 0 Å². The summed E-state index contributed by atoms with van der Waals surface area (Å²) in [4.78, 5) is 0. The summed E-state index contributed by atoms with van der Waals surface area (Å²) >= 11 is 0. The van der Waals surface area contributed by atoms with Crippen LogP contribution in [0.5, 0.6) is 0 Å². The zero-order valence-corrected chi connectivity index (χ0v) is 18.4. The van der Waals surface area contributed by atoms with E-state index in [1.54, 1.807) is 0 Å². The minimum atomic E-state index is 0.634. The normalized spacial score (nSPS) is 15.4. The lowest BCUT2D eigenvalue weighted by Crippen LogP contribution is -2.09. The summed E-state index contributed by atoms with van der Waals surface area (Å²) in [6.45, 7) is 22.5. The van der Waals surface area contributed by atoms with Gasteiger partial charge in [0.15, 0.2) is 0 Å². The zero-order valence-electron chi connectivity index (χ0n) is 18.4. The van der Waals surface area contributed by atoms with Gasteiger partial charge in [-0.2, -0.15) is 0 Å². The Balaban J connectivity index is 4.36. The molecule has 0 aromatic carbocycles. The third kappa shape index (κ3) is 14.3. The van der Waals surface area contributed by atoms with Crippen LogP contribution in [-0.4, -0.2) is 0 Å². The molecule has 0 spiro atoms. The van der Waals surface area contributed by atoms with E-state index in [1.807, 2.05) is 0 Å². The molecule has 0 saturated carbocycles. The van der Waals surface area contributed by atoms with Gasteiger partial charge in [0.25, 0.3) is 0 Å². The first-order chi connectivity index (χ1) is 11.8. The highest BCUT2D eigenvalue weighted by Crippen LogP contribution is 2.30. The van der Waals surface area contributed by atoms with E-state index in [2.05, 4.69) is 60.8 Å². The van der Waals surface area contributed by atoms with E-state index >= 15 is 0 Å². The van der Waals surface area contributed by atoms with Crippen LogP contribution in [-0.2, 0) is 0 Å². The Morgan fingerprint density at radius 1 is 0.720 bits per heavy atom. The molecule has 0 N–H and O–H groups in total. The van der Waals surface area contributed by atoms with E-state index in [0.717, 1.165) is 23.7 Å². The molecule has 0 aliphatic rings. The zero-order chi connectivity index (χ0) is 19.2. The molecule has 3 atom stereocenters. The first-order valence-corrected chi connectivity index (χ1v) is 11.1. The predicted molar refractivity (Wildman–Crippen MR) is 117 cm³/mol. The van der Waals surface area contributed by atoms with Gasteiger partial charge in [-0.05, 0) is 61.7 Å². The second-order valence-electron chi connectivity index (χ2n) is 9.44. The van der Waals surface area contributed by atoms with E-state index < -0.39 is 0 Å². The van der Waals surface area contributed by atoms with E-state index in [9.17, 15) is 0 Å². The predicted octanol–water partition coefficient (Wildman–Crippen LogP) is 8.83. The first kappa shape index (κ1) is 24.5. The van der Waals surface area contributed by atoms with Gasteiger partial charge in [0, 0.05) is 0 Å². The maximum atomic E-state index is 4.49. The fourth-order valence-electron chi connectivity index (χ4n) is 3.58. The smallest absolute Gasteiger partial charge is 0.0206 e. The lowest BCUT2D eigenvalue weighted by molar-refractivity contribution is 0.372. The lowest BCUT2D eigenvalue weighted by atomic mass is 9.83. The van der Waals surface area contributed by atoms with Gasteiger partial charge >= 0.3 is 0 Å². The van der Waals surface area contributed by atoms with Crippen molar-refractivity contribution in [1.29, 1.82) is 0 Å². The van der Waals surface area contributed by atoms with E-state index in [4.69, 9.17) is 0 Å². The maximum Gasteiger partial charge on any atom is -0.0206 e. The Morgan fingerprint density at radius 2 is 1.28 bits per heavy atom. The van der Waals surface area contributed by atoms with Gasteiger partial charge in [-0.1, -0.05) is 91.9 Å². The molecule has 25 heavy (non-hydrogen) atoms. The molecule has 0 aromatic heterocycles. The fraction of sp³-hybridized carbons (Fsp3) is 0.840. The van der Waals surface area contributed by atoms with Gasteiger partial charge < -0.3 is 0 Å². The molecule has 0 saturated heterocycles. The van der Waals surface area contributed by atoms with Crippen LogP contribution < -0.4 is 0 Å². The third-order valence-corrected chi connectivity index (χ3v) is 5.72. The summed E-state index contributed by atoms with van der Waals surface area (Å²) in [6.07, 6.45) is 15.4. The summed E-state index contributed by atoms with van der Waals surface area (Å²) in [6, 6.07) is 0. The average molecular weight is 349 g/mol. The first-order valence-electron chi connectivity index (χ1n) is 11.1. The molecule has 0 amide bonds. The monoisotopic (exact) mass is 348 g/mol. The summed E-state index contributed by atoms with van der Waals surface area (Å²) in [5, 5.41) is 0. The second-order valence-corrected chi connectivity index (χ2v) is 9.44. The van der Waals surface area contributed by atoms with Crippen LogP contribution in [0.1, 0.15) is 106 Å². The van der Waals surface area contributed by atoms with Crippen molar-refractivity contribution in [1.82, 2.24) is 0 Å². The Kier molecular flexibility index (Phi) is 14.3. The third-order valence-electron chi connectivity index (χ3n) is 5.72. The second kappa shape index (κ2) is 14.6. The fourth-order valence-corrected chi connectivity index (χ4v) is 3.58. The molecule has 0 aromatic rings. The van der Waals surface area contributed by atoms with Crippen molar-refractivity contribution in [3.8, 4) is 0 Å².